The fourth-order valence-electron chi connectivity index (χ4n) is 2.26. The van der Waals surface area contributed by atoms with Crippen LogP contribution in [0.3, 0.4) is 0 Å². The first-order valence-corrected chi connectivity index (χ1v) is 4.53. The largest absolute Gasteiger partial charge is 0.0922 e. The summed E-state index contributed by atoms with van der Waals surface area (Å²) in [6, 6.07) is 0. The molecule has 0 unspecified atom stereocenters. The lowest BCUT2D eigenvalue weighted by molar-refractivity contribution is 0.179. The van der Waals surface area contributed by atoms with E-state index in [0.717, 1.165) is 11.3 Å². The van der Waals surface area contributed by atoms with E-state index < -0.39 is 0 Å². The maximum Gasteiger partial charge on any atom is 0.00881 e. The summed E-state index contributed by atoms with van der Waals surface area (Å²) >= 11 is 3.57. The highest BCUT2D eigenvalue weighted by atomic mass is 79.9. The molecule has 0 spiro atoms. The first-order chi connectivity index (χ1) is 3.85. The quantitative estimate of drug-likeness (QED) is 0.537. The van der Waals surface area contributed by atoms with Crippen molar-refractivity contribution in [2.75, 3.05) is 5.33 Å². The van der Waals surface area contributed by atoms with Crippen LogP contribution < -0.4 is 0 Å². The molecule has 0 radical (unpaired) electrons. The van der Waals surface area contributed by atoms with E-state index in [1.807, 2.05) is 0 Å². The van der Waals surface area contributed by atoms with Crippen LogP contribution in [0.2, 0.25) is 0 Å². The molecule has 2 bridgehead atoms. The van der Waals surface area contributed by atoms with Gasteiger partial charge in [0.05, 0.1) is 0 Å². The fraction of sp³-hybridized carbons (Fsp3) is 1.00. The summed E-state index contributed by atoms with van der Waals surface area (Å²) in [5, 5.41) is 1.26. The summed E-state index contributed by atoms with van der Waals surface area (Å²) in [4.78, 5) is 0. The van der Waals surface area contributed by atoms with E-state index in [1.54, 1.807) is 0 Å². The molecule has 0 aromatic carbocycles. The van der Waals surface area contributed by atoms with Crippen LogP contribution in [0.15, 0.2) is 0 Å². The van der Waals surface area contributed by atoms with Gasteiger partial charge in [0.1, 0.15) is 0 Å². The Hall–Kier alpha value is 0.480. The molecule has 0 aromatic rings. The van der Waals surface area contributed by atoms with Crippen LogP contribution in [-0.4, -0.2) is 5.33 Å². The van der Waals surface area contributed by atoms with Gasteiger partial charge in [0.25, 0.3) is 0 Å². The van der Waals surface area contributed by atoms with Crippen LogP contribution in [0.5, 0.6) is 0 Å². The van der Waals surface area contributed by atoms with Gasteiger partial charge < -0.3 is 0 Å². The third-order valence-electron chi connectivity index (χ3n) is 2.81. The van der Waals surface area contributed by atoms with Crippen molar-refractivity contribution in [3.8, 4) is 0 Å². The molecule has 0 atom stereocenters. The molecule has 3 saturated carbocycles. The highest BCUT2D eigenvalue weighted by Crippen LogP contribution is 2.59. The molecule has 3 fully saturated rings. The molecule has 0 aliphatic heterocycles. The topological polar surface area (TPSA) is 0 Å². The van der Waals surface area contributed by atoms with Crippen molar-refractivity contribution < 1.29 is 0 Å². The number of fused-ring (bicyclic) bond motifs is 1. The molecular formula is C7H11Br. The Kier molecular flexibility index (Phi) is 0.989. The lowest BCUT2D eigenvalue weighted by atomic mass is 9.71. The second-order valence-electron chi connectivity index (χ2n) is 3.45. The van der Waals surface area contributed by atoms with Gasteiger partial charge in [-0.25, -0.2) is 0 Å². The first-order valence-electron chi connectivity index (χ1n) is 3.41. The van der Waals surface area contributed by atoms with Crippen molar-refractivity contribution in [1.29, 1.82) is 0 Å². The third kappa shape index (κ3) is 0.513. The molecule has 0 aromatic heterocycles. The molecule has 8 heavy (non-hydrogen) atoms. The van der Waals surface area contributed by atoms with Gasteiger partial charge >= 0.3 is 0 Å². The molecule has 3 aliphatic carbocycles. The van der Waals surface area contributed by atoms with Gasteiger partial charge in [-0.3, -0.25) is 0 Å². The van der Waals surface area contributed by atoms with Gasteiger partial charge in [0.2, 0.25) is 0 Å². The normalized spacial score (nSPS) is 51.4. The van der Waals surface area contributed by atoms with E-state index in [-0.39, 0.29) is 0 Å². The molecule has 0 saturated heterocycles. The van der Waals surface area contributed by atoms with Crippen LogP contribution in [0, 0.1) is 11.3 Å². The lowest BCUT2D eigenvalue weighted by Crippen LogP contribution is -2.28. The number of alkyl halides is 1. The van der Waals surface area contributed by atoms with Crippen molar-refractivity contribution in [3.63, 3.8) is 0 Å². The Morgan fingerprint density at radius 1 is 1.50 bits per heavy atom. The molecule has 1 heteroatoms. The molecule has 3 rings (SSSR count). The number of rotatable bonds is 1. The minimum atomic E-state index is 0.796. The zero-order valence-electron chi connectivity index (χ0n) is 4.99. The predicted octanol–water partition coefficient (Wildman–Crippen LogP) is 2.57. The van der Waals surface area contributed by atoms with Crippen LogP contribution in [0.1, 0.15) is 25.7 Å². The van der Waals surface area contributed by atoms with Gasteiger partial charge in [0.15, 0.2) is 0 Å². The Bertz CT molecular complexity index is 97.4. The molecule has 0 N–H and O–H groups in total. The molecule has 0 heterocycles. The van der Waals surface area contributed by atoms with Crippen LogP contribution in [0.25, 0.3) is 0 Å². The first kappa shape index (κ1) is 5.28. The van der Waals surface area contributed by atoms with E-state index >= 15 is 0 Å². The second-order valence-corrected chi connectivity index (χ2v) is 4.01. The average molecular weight is 175 g/mol. The Labute approximate surface area is 58.8 Å². The van der Waals surface area contributed by atoms with Crippen LogP contribution in [0.4, 0.5) is 0 Å². The zero-order valence-corrected chi connectivity index (χ0v) is 6.58. The summed E-state index contributed by atoms with van der Waals surface area (Å²) in [7, 11) is 0. The smallest absolute Gasteiger partial charge is 0.00881 e. The summed E-state index contributed by atoms with van der Waals surface area (Å²) in [6.45, 7) is 0. The Morgan fingerprint density at radius 3 is 2.50 bits per heavy atom. The van der Waals surface area contributed by atoms with Gasteiger partial charge in [-0.1, -0.05) is 15.9 Å². The maximum atomic E-state index is 3.57. The number of hydrogen-bond acceptors (Lipinski definition) is 0. The van der Waals surface area contributed by atoms with Gasteiger partial charge in [0, 0.05) is 5.33 Å². The van der Waals surface area contributed by atoms with E-state index in [9.17, 15) is 0 Å². The van der Waals surface area contributed by atoms with E-state index in [0.29, 0.717) is 0 Å². The molecule has 3 aliphatic rings. The Balaban J connectivity index is 2.09. The minimum Gasteiger partial charge on any atom is -0.0922 e. The van der Waals surface area contributed by atoms with E-state index in [4.69, 9.17) is 0 Å². The minimum absolute atomic E-state index is 0.796. The van der Waals surface area contributed by atoms with Gasteiger partial charge in [-0.05, 0) is 37.0 Å². The standard InChI is InChI=1S/C7H11Br/c8-5-7-2-1-6(3-7)4-7/h6H,1-5H2. The van der Waals surface area contributed by atoms with Crippen LogP contribution >= 0.6 is 15.9 Å². The average Bonchev–Trinajstić information content (AvgIpc) is 2.17. The second kappa shape index (κ2) is 1.50. The third-order valence-corrected chi connectivity index (χ3v) is 4.00. The number of hydrogen-bond donors (Lipinski definition) is 0. The van der Waals surface area contributed by atoms with E-state index in [1.165, 1.54) is 31.0 Å². The van der Waals surface area contributed by atoms with Gasteiger partial charge in [-0.2, -0.15) is 0 Å². The lowest BCUT2D eigenvalue weighted by Gasteiger charge is -2.36. The SMILES string of the molecule is BrCC12CCC(C1)C2. The molecule has 0 amide bonds. The van der Waals surface area contributed by atoms with Crippen LogP contribution in [-0.2, 0) is 0 Å². The zero-order chi connectivity index (χ0) is 5.61. The molecular weight excluding hydrogens is 164 g/mol. The molecule has 0 nitrogen and oxygen atoms in total. The van der Waals surface area contributed by atoms with E-state index in [2.05, 4.69) is 15.9 Å². The van der Waals surface area contributed by atoms with Crippen molar-refractivity contribution in [2.24, 2.45) is 11.3 Å². The fourth-order valence-corrected chi connectivity index (χ4v) is 3.00. The van der Waals surface area contributed by atoms with Crippen molar-refractivity contribution >= 4 is 15.9 Å². The summed E-state index contributed by atoms with van der Waals surface area (Å²) in [6.07, 6.45) is 6.07. The van der Waals surface area contributed by atoms with Crippen molar-refractivity contribution in [1.82, 2.24) is 0 Å². The number of halogens is 1. The van der Waals surface area contributed by atoms with Crippen molar-refractivity contribution in [2.45, 2.75) is 25.7 Å². The highest BCUT2D eigenvalue weighted by Gasteiger charge is 2.48. The van der Waals surface area contributed by atoms with Gasteiger partial charge in [-0.15, -0.1) is 0 Å². The summed E-state index contributed by atoms with van der Waals surface area (Å²) in [5.74, 6) is 1.13. The maximum absolute atomic E-state index is 3.57. The van der Waals surface area contributed by atoms with Crippen molar-refractivity contribution in [3.05, 3.63) is 0 Å². The monoisotopic (exact) mass is 174 g/mol. The summed E-state index contributed by atoms with van der Waals surface area (Å²) < 4.78 is 0. The highest BCUT2D eigenvalue weighted by molar-refractivity contribution is 9.09. The summed E-state index contributed by atoms with van der Waals surface area (Å²) in [5.41, 5.74) is 0.796. The molecule has 46 valence electrons. The Morgan fingerprint density at radius 2 is 2.25 bits per heavy atom. The predicted molar refractivity (Wildman–Crippen MR) is 38.2 cm³/mol.